The monoisotopic (exact) mass is 1580 g/mol. The van der Waals surface area contributed by atoms with Crippen molar-refractivity contribution < 1.29 is 80.2 Å². The van der Waals surface area contributed by atoms with E-state index in [9.17, 15) is 43.2 Å². The van der Waals surface area contributed by atoms with Crippen molar-refractivity contribution in [2.24, 2.45) is 0 Å². The van der Waals surface area contributed by atoms with Crippen LogP contribution in [0.3, 0.4) is 0 Å². The molecule has 0 aliphatic heterocycles. The molecular weight excluding hydrogens is 1430 g/mol. The Balaban J connectivity index is 5.48. The molecule has 0 radical (unpaired) electrons. The van der Waals surface area contributed by atoms with Crippen LogP contribution < -0.4 is 0 Å². The van der Waals surface area contributed by atoms with Gasteiger partial charge < -0.3 is 33.8 Å². The summed E-state index contributed by atoms with van der Waals surface area (Å²) in [5.41, 5.74) is 0. The molecule has 0 aromatic heterocycles. The first kappa shape index (κ1) is 104. The summed E-state index contributed by atoms with van der Waals surface area (Å²) in [7, 11) is -10.0. The molecule has 19 heteroatoms. The van der Waals surface area contributed by atoms with Crippen molar-refractivity contribution in [3.63, 3.8) is 0 Å². The lowest BCUT2D eigenvalue weighted by Crippen LogP contribution is -2.30. The summed E-state index contributed by atoms with van der Waals surface area (Å²) in [5.74, 6) is -2.31. The van der Waals surface area contributed by atoms with Crippen LogP contribution in [0.5, 0.6) is 0 Å². The zero-order valence-corrected chi connectivity index (χ0v) is 70.4. The molecule has 3 N–H and O–H groups in total. The number of rotatable bonds is 78. The normalized spacial score (nSPS) is 14.6. The Kier molecular flexibility index (Phi) is 77.3. The summed E-state index contributed by atoms with van der Waals surface area (Å²) in [6.07, 6.45) is 97.6. The third-order valence-electron chi connectivity index (χ3n) is 17.2. The molecule has 110 heavy (non-hydrogen) atoms. The number of carbonyl (C=O) groups excluding carboxylic acids is 4. The zero-order valence-electron chi connectivity index (χ0n) is 68.6. The van der Waals surface area contributed by atoms with Crippen LogP contribution >= 0.6 is 15.6 Å². The van der Waals surface area contributed by atoms with Gasteiger partial charge in [0.1, 0.15) is 19.3 Å². The number of allylic oxidation sites excluding steroid dienone is 28. The third kappa shape index (κ3) is 80.5. The highest BCUT2D eigenvalue weighted by Gasteiger charge is 2.30. The summed E-state index contributed by atoms with van der Waals surface area (Å²) in [6.45, 7) is 4.43. The molecule has 626 valence electrons. The summed E-state index contributed by atoms with van der Waals surface area (Å²) in [6, 6.07) is 0. The summed E-state index contributed by atoms with van der Waals surface area (Å²) in [5, 5.41) is 10.7. The number of unbranched alkanes of at least 4 members (excludes halogenated alkanes) is 24. The highest BCUT2D eigenvalue weighted by molar-refractivity contribution is 7.47. The molecule has 0 bridgehead atoms. The van der Waals surface area contributed by atoms with Crippen molar-refractivity contribution in [3.8, 4) is 0 Å². The third-order valence-corrected chi connectivity index (χ3v) is 19.1. The summed E-state index contributed by atoms with van der Waals surface area (Å²) in [4.78, 5) is 73.2. The average molecular weight is 1580 g/mol. The highest BCUT2D eigenvalue weighted by Crippen LogP contribution is 2.45. The number of phosphoric acid groups is 2. The maximum atomic E-state index is 13.1. The maximum absolute atomic E-state index is 13.1. The lowest BCUT2D eigenvalue weighted by molar-refractivity contribution is -0.161. The molecule has 0 spiro atoms. The highest BCUT2D eigenvalue weighted by atomic mass is 31.2. The molecule has 0 saturated carbocycles. The Hall–Kier alpha value is -5.58. The van der Waals surface area contributed by atoms with Crippen LogP contribution in [0.25, 0.3) is 0 Å². The predicted octanol–water partition coefficient (Wildman–Crippen LogP) is 25.3. The first-order valence-electron chi connectivity index (χ1n) is 42.4. The van der Waals surface area contributed by atoms with Crippen LogP contribution in [0.15, 0.2) is 170 Å². The minimum Gasteiger partial charge on any atom is -0.462 e. The van der Waals surface area contributed by atoms with Gasteiger partial charge in [0.25, 0.3) is 0 Å². The van der Waals surface area contributed by atoms with E-state index in [1.54, 1.807) is 0 Å². The van der Waals surface area contributed by atoms with Crippen molar-refractivity contribution in [1.29, 1.82) is 0 Å². The Morgan fingerprint density at radius 1 is 0.264 bits per heavy atom. The largest absolute Gasteiger partial charge is 0.472 e. The van der Waals surface area contributed by atoms with E-state index < -0.39 is 97.5 Å². The zero-order chi connectivity index (χ0) is 80.3. The van der Waals surface area contributed by atoms with E-state index in [1.807, 2.05) is 18.2 Å². The molecule has 5 unspecified atom stereocenters. The molecule has 17 nitrogen and oxygen atoms in total. The number of esters is 4. The number of aliphatic hydroxyl groups excluding tert-OH is 1. The predicted molar refractivity (Wildman–Crippen MR) is 454 cm³/mol. The Labute approximate surface area is 667 Å². The van der Waals surface area contributed by atoms with Crippen LogP contribution in [0, 0.1) is 0 Å². The summed E-state index contributed by atoms with van der Waals surface area (Å²) >= 11 is 0. The maximum Gasteiger partial charge on any atom is 0.472 e. The lowest BCUT2D eigenvalue weighted by Gasteiger charge is -2.21. The number of ether oxygens (including phenoxy) is 4. The second kappa shape index (κ2) is 81.4. The first-order chi connectivity index (χ1) is 53.7. The van der Waals surface area contributed by atoms with E-state index in [1.165, 1.54) is 38.5 Å². The van der Waals surface area contributed by atoms with Gasteiger partial charge in [-0.25, -0.2) is 9.13 Å². The second-order valence-corrected chi connectivity index (χ2v) is 30.5. The minimum atomic E-state index is -5.01. The van der Waals surface area contributed by atoms with Gasteiger partial charge in [-0.3, -0.25) is 37.3 Å². The van der Waals surface area contributed by atoms with Crippen LogP contribution in [-0.4, -0.2) is 96.7 Å². The Morgan fingerprint density at radius 2 is 0.491 bits per heavy atom. The van der Waals surface area contributed by atoms with E-state index >= 15 is 0 Å². The molecule has 0 fully saturated rings. The van der Waals surface area contributed by atoms with Gasteiger partial charge in [0.15, 0.2) is 12.2 Å². The Morgan fingerprint density at radius 3 is 0.791 bits per heavy atom. The SMILES string of the molecule is CC/C=C\C/C=C\C/C=C\C/C=C\C/C=C\C/C=C\CCC(=O)OCC(COP(=O)(O)OCC(O)COP(=O)(O)OCC(COC(=O)CCCCCCCCC/C=C\C/C=C\C/C=C\CC)OC(=O)CCCCCCC/C=C\CCCCCCCC)OC(=O)CCCCCCCC/C=C\C/C=C\C/C=C\C/C=C\CC. The van der Waals surface area contributed by atoms with Gasteiger partial charge in [-0.15, -0.1) is 0 Å². The first-order valence-corrected chi connectivity index (χ1v) is 45.4. The van der Waals surface area contributed by atoms with Gasteiger partial charge in [0.05, 0.1) is 26.4 Å². The van der Waals surface area contributed by atoms with Crippen LogP contribution in [-0.2, 0) is 65.4 Å². The quantitative estimate of drug-likeness (QED) is 0.0169. The number of aliphatic hydroxyl groups is 1. The molecule has 0 heterocycles. The topological polar surface area (TPSA) is 237 Å². The number of carbonyl (C=O) groups is 4. The van der Waals surface area contributed by atoms with E-state index in [0.29, 0.717) is 32.1 Å². The molecule has 0 aliphatic carbocycles. The fraction of sp³-hybridized carbons (Fsp3) is 0.648. The van der Waals surface area contributed by atoms with Crippen molar-refractivity contribution in [2.45, 2.75) is 341 Å². The van der Waals surface area contributed by atoms with E-state index in [-0.39, 0.29) is 25.7 Å². The molecule has 0 saturated heterocycles. The van der Waals surface area contributed by atoms with Gasteiger partial charge in [-0.2, -0.15) is 0 Å². The van der Waals surface area contributed by atoms with Gasteiger partial charge in [0.2, 0.25) is 0 Å². The molecule has 5 atom stereocenters. The van der Waals surface area contributed by atoms with Gasteiger partial charge >= 0.3 is 39.5 Å². The van der Waals surface area contributed by atoms with Crippen molar-refractivity contribution in [2.75, 3.05) is 39.6 Å². The van der Waals surface area contributed by atoms with Gasteiger partial charge in [0, 0.05) is 25.7 Å². The molecular formula is C91H150O17P2. The molecule has 0 amide bonds. The number of hydrogen-bond acceptors (Lipinski definition) is 15. The van der Waals surface area contributed by atoms with Crippen molar-refractivity contribution >= 4 is 39.5 Å². The van der Waals surface area contributed by atoms with Crippen LogP contribution in [0.1, 0.15) is 323 Å². The van der Waals surface area contributed by atoms with E-state index in [4.69, 9.17) is 37.0 Å². The number of phosphoric ester groups is 2. The molecule has 0 aromatic rings. The van der Waals surface area contributed by atoms with Gasteiger partial charge in [-0.05, 0) is 161 Å². The Bertz CT molecular complexity index is 2750. The second-order valence-electron chi connectivity index (χ2n) is 27.6. The fourth-order valence-electron chi connectivity index (χ4n) is 10.8. The standard InChI is InChI=1S/C91H150O17P2/c1-5-9-13-17-21-25-29-33-37-40-42-45-49-52-56-60-64-68-72-76-89(94)102-82-87(108-91(96)78-74-70-66-62-58-54-50-46-43-41-38-34-30-26-22-18-14-10-6-2)84-106-110(99,100)104-80-85(92)79-103-109(97,98)105-83-86(107-90(95)77-73-69-65-61-57-53-47-36-32-28-24-20-16-12-8-4)81-101-88(93)75-71-67-63-59-55-51-48-44-39-35-31-27-23-19-15-11-7-3/h9-11,13-15,21-23,25-27,33-39,42-43,45-47,52,56,64,68,85-87,92H,5-8,12,16-20,24,28-32,40-41,44,48-51,53-55,57-63,65-67,69-84H2,1-4H3,(H,97,98)(H,99,100)/b13-9-,14-10-,15-11-,25-21-,26-22-,27-23-,37-33-,38-34-,39-35-,45-42-,46-43-,47-36-,56-52-,68-64-. The molecule has 0 aromatic carbocycles. The van der Waals surface area contributed by atoms with Gasteiger partial charge in [-0.1, -0.05) is 307 Å². The average Bonchev–Trinajstić information content (AvgIpc) is 0.900. The van der Waals surface area contributed by atoms with E-state index in [2.05, 4.69) is 180 Å². The number of hydrogen-bond donors (Lipinski definition) is 3. The lowest BCUT2D eigenvalue weighted by atomic mass is 10.1. The molecule has 0 aliphatic rings. The smallest absolute Gasteiger partial charge is 0.462 e. The molecule has 0 rings (SSSR count). The van der Waals surface area contributed by atoms with Crippen LogP contribution in [0.4, 0.5) is 0 Å². The summed E-state index contributed by atoms with van der Waals surface area (Å²) < 4.78 is 68.7. The van der Waals surface area contributed by atoms with Crippen LogP contribution in [0.2, 0.25) is 0 Å². The minimum absolute atomic E-state index is 0.0270. The van der Waals surface area contributed by atoms with Crippen molar-refractivity contribution in [3.05, 3.63) is 170 Å². The van der Waals surface area contributed by atoms with Crippen molar-refractivity contribution in [1.82, 2.24) is 0 Å². The fourth-order valence-corrected chi connectivity index (χ4v) is 12.4. The van der Waals surface area contributed by atoms with E-state index in [0.717, 1.165) is 199 Å².